The number of oxime groups is 1. The van der Waals surface area contributed by atoms with Crippen molar-refractivity contribution < 1.29 is 29.4 Å². The van der Waals surface area contributed by atoms with E-state index in [-0.39, 0.29) is 29.9 Å². The van der Waals surface area contributed by atoms with Gasteiger partial charge in [-0.15, -0.1) is 6.42 Å². The first-order valence-corrected chi connectivity index (χ1v) is 14.2. The topological polar surface area (TPSA) is 137 Å². The van der Waals surface area contributed by atoms with Gasteiger partial charge in [-0.05, 0) is 86.5 Å². The standard InChI is InChI=1S/C30H43N3O6/c1-6-30(38)14-11-23-21-8-7-19-15-20(9-12-28(19,4)22(21)10-13-29(23,30)5)33-39-17-25(35)31-16-24(34)32-26(18(2)3)27(36)37/h1,15,18,21-23,26,38H,7-14,16-17H2,2-5H3,(H,31,35)(H,32,34)(H,36,37)/b33-20+/t21-,22+,23+,26-,28+,29+,30-/m1/s1. The van der Waals surface area contributed by atoms with Gasteiger partial charge in [0.1, 0.15) is 11.6 Å². The molecule has 9 nitrogen and oxygen atoms in total. The largest absolute Gasteiger partial charge is 0.480 e. The first-order chi connectivity index (χ1) is 18.3. The van der Waals surface area contributed by atoms with E-state index in [9.17, 15) is 24.6 Å². The Kier molecular flexibility index (Phi) is 8.18. The van der Waals surface area contributed by atoms with Crippen LogP contribution in [0.4, 0.5) is 0 Å². The Balaban J connectivity index is 1.31. The fourth-order valence-electron chi connectivity index (χ4n) is 8.04. The summed E-state index contributed by atoms with van der Waals surface area (Å²) >= 11 is 0. The van der Waals surface area contributed by atoms with Gasteiger partial charge < -0.3 is 25.7 Å². The molecule has 0 spiro atoms. The summed E-state index contributed by atoms with van der Waals surface area (Å²) in [4.78, 5) is 40.6. The van der Waals surface area contributed by atoms with E-state index in [1.807, 2.05) is 0 Å². The molecule has 0 radical (unpaired) electrons. The van der Waals surface area contributed by atoms with Crippen LogP contribution in [0.5, 0.6) is 0 Å². The summed E-state index contributed by atoms with van der Waals surface area (Å²) in [5.41, 5.74) is 1.10. The number of carboxylic acid groups (broad SMARTS) is 1. The van der Waals surface area contributed by atoms with Crippen LogP contribution in [0.1, 0.15) is 79.1 Å². The first-order valence-electron chi connectivity index (χ1n) is 14.2. The highest BCUT2D eigenvalue weighted by molar-refractivity contribution is 5.96. The molecule has 0 aliphatic heterocycles. The number of terminal acetylenes is 1. The first kappa shape index (κ1) is 29.1. The average Bonchev–Trinajstić information content (AvgIpc) is 3.16. The number of aliphatic hydroxyl groups is 1. The number of carbonyl (C=O) groups excluding carboxylic acids is 2. The second kappa shape index (κ2) is 11.0. The number of amides is 2. The zero-order valence-corrected chi connectivity index (χ0v) is 23.6. The number of nitrogens with zero attached hydrogens (tertiary/aromatic N) is 1. The monoisotopic (exact) mass is 541 g/mol. The number of nitrogens with one attached hydrogen (secondary N) is 2. The van der Waals surface area contributed by atoms with E-state index in [0.717, 1.165) is 50.7 Å². The quantitative estimate of drug-likeness (QED) is 0.275. The summed E-state index contributed by atoms with van der Waals surface area (Å²) in [6.45, 7) is 7.31. The second-order valence-electron chi connectivity index (χ2n) is 12.8. The molecular weight excluding hydrogens is 498 g/mol. The third kappa shape index (κ3) is 5.32. The summed E-state index contributed by atoms with van der Waals surface area (Å²) in [6, 6.07) is -1.01. The highest BCUT2D eigenvalue weighted by Gasteiger charge is 2.63. The summed E-state index contributed by atoms with van der Waals surface area (Å²) in [5, 5.41) is 29.4. The van der Waals surface area contributed by atoms with Crippen molar-refractivity contribution >= 4 is 23.5 Å². The molecule has 0 heterocycles. The Morgan fingerprint density at radius 3 is 2.51 bits per heavy atom. The lowest BCUT2D eigenvalue weighted by atomic mass is 9.46. The number of aliphatic carboxylic acids is 1. The molecule has 0 unspecified atom stereocenters. The van der Waals surface area contributed by atoms with Crippen LogP contribution in [-0.2, 0) is 19.2 Å². The lowest BCUT2D eigenvalue weighted by Crippen LogP contribution is -2.54. The zero-order chi connectivity index (χ0) is 28.6. The molecule has 7 atom stereocenters. The molecule has 4 aliphatic rings. The van der Waals surface area contributed by atoms with Gasteiger partial charge in [-0.25, -0.2) is 4.79 Å². The van der Waals surface area contributed by atoms with Crippen LogP contribution in [0, 0.1) is 46.8 Å². The minimum Gasteiger partial charge on any atom is -0.480 e. The maximum Gasteiger partial charge on any atom is 0.326 e. The van der Waals surface area contributed by atoms with Crippen LogP contribution in [-0.4, -0.2) is 58.5 Å². The SMILES string of the molecule is C#C[C@@]1(O)CC[C@H]2[C@@H]3CCC4=C/C(=N/OCC(=O)NCC(=O)N[C@@H](C(=O)O)C(C)C)CC[C@]4(C)[C@H]3CC[C@@]21C. The molecule has 0 aromatic rings. The van der Waals surface area contributed by atoms with Crippen molar-refractivity contribution in [1.29, 1.82) is 0 Å². The van der Waals surface area contributed by atoms with Gasteiger partial charge >= 0.3 is 5.97 Å². The van der Waals surface area contributed by atoms with E-state index in [2.05, 4.69) is 41.6 Å². The molecule has 3 fully saturated rings. The van der Waals surface area contributed by atoms with Crippen LogP contribution >= 0.6 is 0 Å². The van der Waals surface area contributed by atoms with E-state index < -0.39 is 29.4 Å². The van der Waals surface area contributed by atoms with Gasteiger partial charge in [-0.1, -0.05) is 44.3 Å². The molecule has 4 rings (SSSR count). The van der Waals surface area contributed by atoms with E-state index in [1.54, 1.807) is 13.8 Å². The number of carbonyl (C=O) groups is 3. The van der Waals surface area contributed by atoms with Crippen molar-refractivity contribution in [2.24, 2.45) is 39.7 Å². The molecule has 4 aliphatic carbocycles. The van der Waals surface area contributed by atoms with Gasteiger partial charge in [0.25, 0.3) is 5.91 Å². The molecule has 3 saturated carbocycles. The Labute approximate surface area is 231 Å². The number of allylic oxidation sites excluding steroid dienone is 2. The smallest absolute Gasteiger partial charge is 0.326 e. The van der Waals surface area contributed by atoms with Crippen LogP contribution in [0.15, 0.2) is 16.8 Å². The van der Waals surface area contributed by atoms with Gasteiger partial charge in [0.2, 0.25) is 5.91 Å². The summed E-state index contributed by atoms with van der Waals surface area (Å²) in [7, 11) is 0. The molecule has 0 aromatic heterocycles. The molecule has 0 saturated heterocycles. The number of hydrogen-bond donors (Lipinski definition) is 4. The Morgan fingerprint density at radius 1 is 1.13 bits per heavy atom. The van der Waals surface area contributed by atoms with Crippen molar-refractivity contribution in [3.05, 3.63) is 11.6 Å². The second-order valence-corrected chi connectivity index (χ2v) is 12.8. The third-order valence-corrected chi connectivity index (χ3v) is 10.4. The molecule has 214 valence electrons. The highest BCUT2D eigenvalue weighted by atomic mass is 16.6. The van der Waals surface area contributed by atoms with Gasteiger partial charge in [0, 0.05) is 5.41 Å². The fourth-order valence-corrected chi connectivity index (χ4v) is 8.04. The predicted octanol–water partition coefficient (Wildman–Crippen LogP) is 3.03. The van der Waals surface area contributed by atoms with Crippen molar-refractivity contribution in [2.75, 3.05) is 13.2 Å². The highest BCUT2D eigenvalue weighted by Crippen LogP contribution is 2.67. The van der Waals surface area contributed by atoms with Crippen molar-refractivity contribution in [1.82, 2.24) is 10.6 Å². The third-order valence-electron chi connectivity index (χ3n) is 10.4. The van der Waals surface area contributed by atoms with Crippen LogP contribution in [0.2, 0.25) is 0 Å². The average molecular weight is 542 g/mol. The maximum absolute atomic E-state index is 12.1. The van der Waals surface area contributed by atoms with Crippen LogP contribution in [0.25, 0.3) is 0 Å². The number of fused-ring (bicyclic) bond motifs is 5. The van der Waals surface area contributed by atoms with Gasteiger partial charge in [-0.3, -0.25) is 9.59 Å². The van der Waals surface area contributed by atoms with Crippen molar-refractivity contribution in [3.63, 3.8) is 0 Å². The molecule has 0 aromatic carbocycles. The molecule has 0 bridgehead atoms. The van der Waals surface area contributed by atoms with E-state index in [1.165, 1.54) is 5.57 Å². The normalized spacial score (nSPS) is 37.0. The molecule has 39 heavy (non-hydrogen) atoms. The summed E-state index contributed by atoms with van der Waals surface area (Å²) in [5.74, 6) is 1.85. The minimum atomic E-state index is -1.12. The van der Waals surface area contributed by atoms with Gasteiger partial charge in [0.05, 0.1) is 12.3 Å². The van der Waals surface area contributed by atoms with Crippen molar-refractivity contribution in [3.8, 4) is 12.3 Å². The van der Waals surface area contributed by atoms with Crippen molar-refractivity contribution in [2.45, 2.75) is 90.7 Å². The Morgan fingerprint density at radius 2 is 1.85 bits per heavy atom. The molecular formula is C30H43N3O6. The van der Waals surface area contributed by atoms with E-state index in [4.69, 9.17) is 11.3 Å². The fraction of sp³-hybridized carbons (Fsp3) is 0.733. The molecule has 2 amide bonds. The minimum absolute atomic E-state index is 0.0919. The lowest BCUT2D eigenvalue weighted by molar-refractivity contribution is -0.143. The van der Waals surface area contributed by atoms with E-state index in [0.29, 0.717) is 24.2 Å². The number of rotatable bonds is 8. The Bertz CT molecular complexity index is 1110. The number of carboxylic acids is 1. The molecule has 9 heteroatoms. The molecule has 4 N–H and O–H groups in total. The summed E-state index contributed by atoms with van der Waals surface area (Å²) in [6.07, 6.45) is 15.5. The summed E-state index contributed by atoms with van der Waals surface area (Å²) < 4.78 is 0. The van der Waals surface area contributed by atoms with Gasteiger partial charge in [0.15, 0.2) is 6.61 Å². The van der Waals surface area contributed by atoms with Gasteiger partial charge in [-0.2, -0.15) is 0 Å². The zero-order valence-electron chi connectivity index (χ0n) is 23.6. The maximum atomic E-state index is 12.1. The number of hydrogen-bond acceptors (Lipinski definition) is 6. The van der Waals surface area contributed by atoms with Crippen LogP contribution < -0.4 is 10.6 Å². The Hall–Kier alpha value is -2.86. The predicted molar refractivity (Wildman–Crippen MR) is 146 cm³/mol. The lowest BCUT2D eigenvalue weighted by Gasteiger charge is -2.58. The van der Waals surface area contributed by atoms with Crippen LogP contribution in [0.3, 0.4) is 0 Å². The van der Waals surface area contributed by atoms with E-state index >= 15 is 0 Å².